The number of aliphatic hydroxyl groups is 1. The van der Waals surface area contributed by atoms with Crippen molar-refractivity contribution in [1.29, 1.82) is 0 Å². The number of aromatic nitrogens is 2. The molecule has 1 heterocycles. The Morgan fingerprint density at radius 2 is 2.19 bits per heavy atom. The Labute approximate surface area is 96.3 Å². The Balaban J connectivity index is 2.42. The molecule has 16 heavy (non-hydrogen) atoms. The smallest absolute Gasteiger partial charge is 0.225 e. The molecule has 0 atom stereocenters. The molecule has 0 saturated carbocycles. The Morgan fingerprint density at radius 3 is 2.88 bits per heavy atom. The Morgan fingerprint density at radius 1 is 1.38 bits per heavy atom. The molecular weight excluding hydrogens is 204 g/mol. The van der Waals surface area contributed by atoms with E-state index in [1.807, 2.05) is 18.0 Å². The lowest BCUT2D eigenvalue weighted by atomic mass is 10.2. The van der Waals surface area contributed by atoms with E-state index in [4.69, 9.17) is 10.8 Å². The van der Waals surface area contributed by atoms with Crippen LogP contribution in [0.25, 0.3) is 0 Å². The zero-order valence-electron chi connectivity index (χ0n) is 9.76. The Kier molecular flexibility index (Phi) is 5.74. The molecule has 0 saturated heterocycles. The van der Waals surface area contributed by atoms with Gasteiger partial charge in [-0.25, -0.2) is 9.97 Å². The van der Waals surface area contributed by atoms with E-state index in [0.29, 0.717) is 12.5 Å². The van der Waals surface area contributed by atoms with Crippen molar-refractivity contribution in [2.75, 3.05) is 25.1 Å². The second-order valence-corrected chi connectivity index (χ2v) is 3.76. The topological polar surface area (TPSA) is 75.3 Å². The monoisotopic (exact) mass is 224 g/mol. The number of nitrogens with two attached hydrogens (primary N) is 1. The minimum Gasteiger partial charge on any atom is -0.396 e. The number of nitrogens with zero attached hydrogens (tertiary/aromatic N) is 3. The fourth-order valence-corrected chi connectivity index (χ4v) is 1.42. The molecule has 0 aliphatic heterocycles. The molecule has 3 N–H and O–H groups in total. The van der Waals surface area contributed by atoms with Gasteiger partial charge in [0.25, 0.3) is 0 Å². The third-order valence-corrected chi connectivity index (χ3v) is 2.40. The Bertz CT molecular complexity index is 306. The first-order chi connectivity index (χ1) is 7.77. The van der Waals surface area contributed by atoms with Crippen molar-refractivity contribution < 1.29 is 5.11 Å². The van der Waals surface area contributed by atoms with Crippen LogP contribution in [0.15, 0.2) is 12.3 Å². The van der Waals surface area contributed by atoms with Crippen LogP contribution in [0.2, 0.25) is 0 Å². The molecule has 0 unspecified atom stereocenters. The lowest BCUT2D eigenvalue weighted by Crippen LogP contribution is -2.21. The molecule has 1 rings (SSSR count). The second-order valence-electron chi connectivity index (χ2n) is 3.76. The first-order valence-corrected chi connectivity index (χ1v) is 5.62. The van der Waals surface area contributed by atoms with Crippen molar-refractivity contribution in [1.82, 2.24) is 9.97 Å². The molecule has 0 aromatic carbocycles. The van der Waals surface area contributed by atoms with Crippen molar-refractivity contribution in [3.63, 3.8) is 0 Å². The van der Waals surface area contributed by atoms with Crippen molar-refractivity contribution >= 4 is 5.95 Å². The fourth-order valence-electron chi connectivity index (χ4n) is 1.42. The molecule has 0 spiro atoms. The van der Waals surface area contributed by atoms with Gasteiger partial charge in [0.2, 0.25) is 5.95 Å². The summed E-state index contributed by atoms with van der Waals surface area (Å²) in [5, 5.41) is 8.66. The molecule has 0 aliphatic rings. The van der Waals surface area contributed by atoms with Gasteiger partial charge in [0.05, 0.1) is 5.69 Å². The van der Waals surface area contributed by atoms with Gasteiger partial charge in [-0.05, 0) is 25.3 Å². The minimum absolute atomic E-state index is 0.267. The van der Waals surface area contributed by atoms with Crippen LogP contribution in [0.3, 0.4) is 0 Å². The maximum absolute atomic E-state index is 8.66. The molecule has 1 aromatic rings. The predicted octanol–water partition coefficient (Wildman–Crippen LogP) is 0.534. The van der Waals surface area contributed by atoms with E-state index in [-0.39, 0.29) is 6.61 Å². The number of unbranched alkanes of at least 4 members (excludes halogenated alkanes) is 2. The molecule has 0 radical (unpaired) electrons. The largest absolute Gasteiger partial charge is 0.396 e. The molecule has 0 bridgehead atoms. The first-order valence-electron chi connectivity index (χ1n) is 5.62. The normalized spacial score (nSPS) is 10.4. The van der Waals surface area contributed by atoms with Gasteiger partial charge in [-0.15, -0.1) is 0 Å². The SMILES string of the molecule is CN(CCCCCO)c1nccc(CN)n1. The average Bonchev–Trinajstić information content (AvgIpc) is 2.34. The van der Waals surface area contributed by atoms with Crippen LogP contribution in [-0.4, -0.2) is 35.3 Å². The number of hydrogen-bond acceptors (Lipinski definition) is 5. The highest BCUT2D eigenvalue weighted by molar-refractivity contribution is 5.28. The van der Waals surface area contributed by atoms with Crippen LogP contribution in [-0.2, 0) is 6.54 Å². The lowest BCUT2D eigenvalue weighted by Gasteiger charge is -2.16. The Hall–Kier alpha value is -1.20. The van der Waals surface area contributed by atoms with Crippen LogP contribution in [0.5, 0.6) is 0 Å². The summed E-state index contributed by atoms with van der Waals surface area (Å²) in [7, 11) is 1.97. The lowest BCUT2D eigenvalue weighted by molar-refractivity contribution is 0.283. The van der Waals surface area contributed by atoms with Crippen LogP contribution in [0.4, 0.5) is 5.95 Å². The molecule has 90 valence electrons. The quantitative estimate of drug-likeness (QED) is 0.661. The van der Waals surface area contributed by atoms with Crippen LogP contribution < -0.4 is 10.6 Å². The van der Waals surface area contributed by atoms with E-state index in [1.54, 1.807) is 6.20 Å². The number of hydrogen-bond donors (Lipinski definition) is 2. The van der Waals surface area contributed by atoms with Gasteiger partial charge < -0.3 is 15.7 Å². The van der Waals surface area contributed by atoms with E-state index in [2.05, 4.69) is 9.97 Å². The zero-order valence-corrected chi connectivity index (χ0v) is 9.76. The second kappa shape index (κ2) is 7.14. The maximum atomic E-state index is 8.66. The summed E-state index contributed by atoms with van der Waals surface area (Å²) in [4.78, 5) is 10.5. The van der Waals surface area contributed by atoms with Crippen molar-refractivity contribution in [2.45, 2.75) is 25.8 Å². The summed E-state index contributed by atoms with van der Waals surface area (Å²) in [6, 6.07) is 1.82. The van der Waals surface area contributed by atoms with Crippen LogP contribution in [0.1, 0.15) is 25.0 Å². The van der Waals surface area contributed by atoms with Gasteiger partial charge in [-0.2, -0.15) is 0 Å². The molecule has 5 heteroatoms. The van der Waals surface area contributed by atoms with Crippen molar-refractivity contribution in [3.05, 3.63) is 18.0 Å². The van der Waals surface area contributed by atoms with Gasteiger partial charge >= 0.3 is 0 Å². The zero-order chi connectivity index (χ0) is 11.8. The van der Waals surface area contributed by atoms with E-state index >= 15 is 0 Å². The van der Waals surface area contributed by atoms with Gasteiger partial charge in [0.15, 0.2) is 0 Å². The summed E-state index contributed by atoms with van der Waals surface area (Å²) in [5.41, 5.74) is 6.38. The summed E-state index contributed by atoms with van der Waals surface area (Å²) in [6.07, 6.45) is 4.65. The van der Waals surface area contributed by atoms with E-state index in [9.17, 15) is 0 Å². The summed E-state index contributed by atoms with van der Waals surface area (Å²) >= 11 is 0. The fraction of sp³-hybridized carbons (Fsp3) is 0.636. The van der Waals surface area contributed by atoms with Crippen LogP contribution >= 0.6 is 0 Å². The van der Waals surface area contributed by atoms with E-state index in [1.165, 1.54) is 0 Å². The van der Waals surface area contributed by atoms with Crippen LogP contribution in [0, 0.1) is 0 Å². The van der Waals surface area contributed by atoms with Gasteiger partial charge in [0.1, 0.15) is 0 Å². The number of anilines is 1. The minimum atomic E-state index is 0.267. The standard InChI is InChI=1S/C11H20N4O/c1-15(7-3-2-4-8-16)11-13-6-5-10(9-12)14-11/h5-6,16H,2-4,7-9,12H2,1H3. The molecule has 1 aromatic heterocycles. The third-order valence-electron chi connectivity index (χ3n) is 2.40. The first kappa shape index (κ1) is 12.9. The molecule has 0 aliphatic carbocycles. The van der Waals surface area contributed by atoms with Gasteiger partial charge in [-0.1, -0.05) is 0 Å². The highest BCUT2D eigenvalue weighted by Gasteiger charge is 2.04. The van der Waals surface area contributed by atoms with E-state index in [0.717, 1.165) is 31.5 Å². The van der Waals surface area contributed by atoms with Crippen molar-refractivity contribution in [3.8, 4) is 0 Å². The highest BCUT2D eigenvalue weighted by atomic mass is 16.2. The van der Waals surface area contributed by atoms with Gasteiger partial charge in [-0.3, -0.25) is 0 Å². The summed E-state index contributed by atoms with van der Waals surface area (Å²) in [6.45, 7) is 1.60. The summed E-state index contributed by atoms with van der Waals surface area (Å²) in [5.74, 6) is 0.715. The summed E-state index contributed by atoms with van der Waals surface area (Å²) < 4.78 is 0. The third kappa shape index (κ3) is 4.12. The molecule has 5 nitrogen and oxygen atoms in total. The molecular formula is C11H20N4O. The maximum Gasteiger partial charge on any atom is 0.225 e. The number of rotatable bonds is 7. The number of aliphatic hydroxyl groups excluding tert-OH is 1. The molecule has 0 amide bonds. The molecule has 0 fully saturated rings. The predicted molar refractivity (Wildman–Crippen MR) is 64.1 cm³/mol. The van der Waals surface area contributed by atoms with E-state index < -0.39 is 0 Å². The van der Waals surface area contributed by atoms with Gasteiger partial charge in [0, 0.05) is 32.9 Å². The van der Waals surface area contributed by atoms with Crippen molar-refractivity contribution in [2.24, 2.45) is 5.73 Å². The highest BCUT2D eigenvalue weighted by Crippen LogP contribution is 2.07. The average molecular weight is 224 g/mol.